The topological polar surface area (TPSA) is 37.4 Å². The summed E-state index contributed by atoms with van der Waals surface area (Å²) in [6, 6.07) is 1.72. The Bertz CT molecular complexity index is 388. The Balaban J connectivity index is 2.83. The van der Waals surface area contributed by atoms with Crippen LogP contribution < -0.4 is 10.2 Å². The Morgan fingerprint density at radius 1 is 1.39 bits per heavy atom. The van der Waals surface area contributed by atoms with E-state index < -0.39 is 0 Å². The standard InChI is InChI=1S/C12H19Cl2N3O/c1-4-15-11-9(13)8-10(14)12(16-11)17(2)6-5-7-18-3/h8H,4-7H2,1-3H3,(H,15,16). The van der Waals surface area contributed by atoms with Gasteiger partial charge in [-0.1, -0.05) is 23.2 Å². The van der Waals surface area contributed by atoms with Gasteiger partial charge in [0.05, 0.1) is 10.0 Å². The molecule has 0 unspecified atom stereocenters. The van der Waals surface area contributed by atoms with Crippen molar-refractivity contribution in [1.82, 2.24) is 4.98 Å². The lowest BCUT2D eigenvalue weighted by molar-refractivity contribution is 0.196. The Kier molecular flexibility index (Phi) is 6.54. The summed E-state index contributed by atoms with van der Waals surface area (Å²) >= 11 is 12.2. The second-order valence-electron chi connectivity index (χ2n) is 3.92. The van der Waals surface area contributed by atoms with E-state index in [0.717, 1.165) is 31.9 Å². The summed E-state index contributed by atoms with van der Waals surface area (Å²) in [5.74, 6) is 1.39. The van der Waals surface area contributed by atoms with Gasteiger partial charge in [0.15, 0.2) is 0 Å². The van der Waals surface area contributed by atoms with Crippen LogP contribution in [0.15, 0.2) is 6.07 Å². The number of methoxy groups -OCH3 is 1. The molecule has 0 aromatic carbocycles. The van der Waals surface area contributed by atoms with Crippen LogP contribution >= 0.6 is 23.2 Å². The summed E-state index contributed by atoms with van der Waals surface area (Å²) in [5.41, 5.74) is 0. The highest BCUT2D eigenvalue weighted by atomic mass is 35.5. The maximum Gasteiger partial charge on any atom is 0.149 e. The smallest absolute Gasteiger partial charge is 0.149 e. The van der Waals surface area contributed by atoms with Crippen LogP contribution in [-0.4, -0.2) is 38.8 Å². The second-order valence-corrected chi connectivity index (χ2v) is 4.74. The molecule has 1 heterocycles. The predicted molar refractivity (Wildman–Crippen MR) is 78.2 cm³/mol. The highest BCUT2D eigenvalue weighted by Gasteiger charge is 2.12. The number of nitrogens with one attached hydrogen (secondary N) is 1. The molecular formula is C12H19Cl2N3O. The largest absolute Gasteiger partial charge is 0.385 e. The molecule has 0 atom stereocenters. The first-order valence-corrected chi connectivity index (χ1v) is 6.65. The zero-order chi connectivity index (χ0) is 13.5. The van der Waals surface area contributed by atoms with Gasteiger partial charge in [0.2, 0.25) is 0 Å². The number of hydrogen-bond acceptors (Lipinski definition) is 4. The van der Waals surface area contributed by atoms with Crippen molar-refractivity contribution in [3.63, 3.8) is 0 Å². The van der Waals surface area contributed by atoms with Crippen LogP contribution in [0.25, 0.3) is 0 Å². The minimum Gasteiger partial charge on any atom is -0.385 e. The summed E-state index contributed by atoms with van der Waals surface area (Å²) in [4.78, 5) is 6.45. The van der Waals surface area contributed by atoms with Gasteiger partial charge in [-0.2, -0.15) is 0 Å². The molecule has 0 radical (unpaired) electrons. The third-order valence-electron chi connectivity index (χ3n) is 2.46. The van der Waals surface area contributed by atoms with Crippen LogP contribution in [0.3, 0.4) is 0 Å². The minimum absolute atomic E-state index is 0.538. The molecule has 1 aromatic heterocycles. The number of anilines is 2. The molecular weight excluding hydrogens is 273 g/mol. The van der Waals surface area contributed by atoms with Crippen molar-refractivity contribution in [3.05, 3.63) is 16.1 Å². The first-order chi connectivity index (χ1) is 8.60. The van der Waals surface area contributed by atoms with Crippen molar-refractivity contribution in [1.29, 1.82) is 0 Å². The average molecular weight is 292 g/mol. The van der Waals surface area contributed by atoms with E-state index in [9.17, 15) is 0 Å². The highest BCUT2D eigenvalue weighted by molar-refractivity contribution is 6.37. The van der Waals surface area contributed by atoms with Crippen molar-refractivity contribution < 1.29 is 4.74 Å². The van der Waals surface area contributed by atoms with Gasteiger partial charge < -0.3 is 15.0 Å². The molecule has 1 aromatic rings. The third-order valence-corrected chi connectivity index (χ3v) is 3.03. The average Bonchev–Trinajstić information content (AvgIpc) is 2.33. The van der Waals surface area contributed by atoms with E-state index in [1.54, 1.807) is 13.2 Å². The first-order valence-electron chi connectivity index (χ1n) is 5.90. The third kappa shape index (κ3) is 4.19. The Morgan fingerprint density at radius 3 is 2.72 bits per heavy atom. The van der Waals surface area contributed by atoms with E-state index in [4.69, 9.17) is 27.9 Å². The van der Waals surface area contributed by atoms with Crippen LogP contribution in [0, 0.1) is 0 Å². The Labute approximate surface area is 118 Å². The lowest BCUT2D eigenvalue weighted by Crippen LogP contribution is -2.21. The summed E-state index contributed by atoms with van der Waals surface area (Å²) in [6.07, 6.45) is 0.921. The molecule has 1 N–H and O–H groups in total. The fraction of sp³-hybridized carbons (Fsp3) is 0.583. The lowest BCUT2D eigenvalue weighted by atomic mass is 10.3. The molecule has 0 spiro atoms. The Hall–Kier alpha value is -0.710. The molecule has 6 heteroatoms. The van der Waals surface area contributed by atoms with E-state index in [1.807, 2.05) is 18.9 Å². The molecule has 0 saturated carbocycles. The van der Waals surface area contributed by atoms with Gasteiger partial charge in [-0.15, -0.1) is 0 Å². The summed E-state index contributed by atoms with van der Waals surface area (Å²) in [5, 5.41) is 4.21. The number of hydrogen-bond donors (Lipinski definition) is 1. The van der Waals surface area contributed by atoms with E-state index in [0.29, 0.717) is 15.9 Å². The SMILES string of the molecule is CCNc1nc(N(C)CCCOC)c(Cl)cc1Cl. The molecule has 0 bridgehead atoms. The fourth-order valence-electron chi connectivity index (χ4n) is 1.57. The van der Waals surface area contributed by atoms with E-state index in [-0.39, 0.29) is 0 Å². The number of ether oxygens (including phenoxy) is 1. The number of pyridine rings is 1. The Morgan fingerprint density at radius 2 is 2.11 bits per heavy atom. The molecule has 0 saturated heterocycles. The molecule has 1 rings (SSSR count). The van der Waals surface area contributed by atoms with Gasteiger partial charge in [0.25, 0.3) is 0 Å². The van der Waals surface area contributed by atoms with Crippen LogP contribution in [0.2, 0.25) is 10.0 Å². The van der Waals surface area contributed by atoms with Crippen molar-refractivity contribution in [3.8, 4) is 0 Å². The van der Waals surface area contributed by atoms with Gasteiger partial charge in [0.1, 0.15) is 11.6 Å². The van der Waals surface area contributed by atoms with Gasteiger partial charge in [-0.05, 0) is 19.4 Å². The maximum absolute atomic E-state index is 6.16. The van der Waals surface area contributed by atoms with Gasteiger partial charge >= 0.3 is 0 Å². The number of nitrogens with zero attached hydrogens (tertiary/aromatic N) is 2. The monoisotopic (exact) mass is 291 g/mol. The molecule has 4 nitrogen and oxygen atoms in total. The number of halogens is 2. The van der Waals surface area contributed by atoms with Crippen LogP contribution in [0.1, 0.15) is 13.3 Å². The molecule has 18 heavy (non-hydrogen) atoms. The molecule has 0 fully saturated rings. The first kappa shape index (κ1) is 15.3. The summed E-state index contributed by atoms with van der Waals surface area (Å²) in [6.45, 7) is 4.30. The summed E-state index contributed by atoms with van der Waals surface area (Å²) in [7, 11) is 3.64. The summed E-state index contributed by atoms with van der Waals surface area (Å²) < 4.78 is 5.03. The van der Waals surface area contributed by atoms with Crippen molar-refractivity contribution in [2.24, 2.45) is 0 Å². The number of rotatable bonds is 7. The van der Waals surface area contributed by atoms with Crippen LogP contribution in [0.5, 0.6) is 0 Å². The second kappa shape index (κ2) is 7.67. The predicted octanol–water partition coefficient (Wildman–Crippen LogP) is 3.29. The molecule has 0 aliphatic rings. The van der Waals surface area contributed by atoms with Gasteiger partial charge in [0, 0.05) is 33.9 Å². The van der Waals surface area contributed by atoms with Crippen LogP contribution in [0.4, 0.5) is 11.6 Å². The van der Waals surface area contributed by atoms with Crippen molar-refractivity contribution in [2.75, 3.05) is 44.1 Å². The molecule has 0 amide bonds. The van der Waals surface area contributed by atoms with Gasteiger partial charge in [-0.3, -0.25) is 0 Å². The fourth-order valence-corrected chi connectivity index (χ4v) is 2.14. The minimum atomic E-state index is 0.538. The zero-order valence-electron chi connectivity index (χ0n) is 11.0. The highest BCUT2D eigenvalue weighted by Crippen LogP contribution is 2.30. The molecule has 0 aliphatic heterocycles. The normalized spacial score (nSPS) is 10.5. The van der Waals surface area contributed by atoms with Gasteiger partial charge in [-0.25, -0.2) is 4.98 Å². The van der Waals surface area contributed by atoms with Crippen LogP contribution in [-0.2, 0) is 4.74 Å². The zero-order valence-corrected chi connectivity index (χ0v) is 12.5. The number of aromatic nitrogens is 1. The van der Waals surface area contributed by atoms with E-state index >= 15 is 0 Å². The molecule has 102 valence electrons. The van der Waals surface area contributed by atoms with E-state index in [2.05, 4.69) is 10.3 Å². The quantitative estimate of drug-likeness (QED) is 0.782. The van der Waals surface area contributed by atoms with Crippen molar-refractivity contribution in [2.45, 2.75) is 13.3 Å². The lowest BCUT2D eigenvalue weighted by Gasteiger charge is -2.20. The van der Waals surface area contributed by atoms with E-state index in [1.165, 1.54) is 0 Å². The maximum atomic E-state index is 6.16. The molecule has 0 aliphatic carbocycles. The van der Waals surface area contributed by atoms with Crippen molar-refractivity contribution >= 4 is 34.8 Å².